The maximum atomic E-state index is 13.8. The Hall–Kier alpha value is -1.75. The van der Waals surface area contributed by atoms with Gasteiger partial charge in [-0.1, -0.05) is 0 Å². The van der Waals surface area contributed by atoms with Gasteiger partial charge in [-0.15, -0.1) is 0 Å². The van der Waals surface area contributed by atoms with Gasteiger partial charge < -0.3 is 5.11 Å². The van der Waals surface area contributed by atoms with Crippen molar-refractivity contribution >= 4 is 0 Å². The summed E-state index contributed by atoms with van der Waals surface area (Å²) in [5.74, 6) is -0.997. The van der Waals surface area contributed by atoms with Gasteiger partial charge in [0.15, 0.2) is 11.6 Å². The van der Waals surface area contributed by atoms with Crippen LogP contribution in [-0.4, -0.2) is 14.9 Å². The van der Waals surface area contributed by atoms with Gasteiger partial charge >= 0.3 is 0 Å². The van der Waals surface area contributed by atoms with E-state index in [1.54, 1.807) is 12.3 Å². The van der Waals surface area contributed by atoms with Crippen molar-refractivity contribution in [1.82, 2.24) is 9.78 Å². The first-order chi connectivity index (χ1) is 8.69. The summed E-state index contributed by atoms with van der Waals surface area (Å²) < 4.78 is 28.8. The quantitative estimate of drug-likeness (QED) is 0.909. The van der Waals surface area contributed by atoms with Gasteiger partial charge in [0.2, 0.25) is 0 Å². The molecule has 1 N–H and O–H groups in total. The van der Waals surface area contributed by atoms with E-state index in [1.165, 1.54) is 4.68 Å². The maximum absolute atomic E-state index is 13.8. The van der Waals surface area contributed by atoms with E-state index in [0.717, 1.165) is 30.7 Å². The summed E-state index contributed by atoms with van der Waals surface area (Å²) in [6.45, 7) is -0.388. The van der Waals surface area contributed by atoms with Crippen LogP contribution in [0.5, 0.6) is 0 Å². The number of halogens is 2. The molecule has 0 bridgehead atoms. The molecule has 1 aromatic carbocycles. The predicted octanol–water partition coefficient (Wildman–Crippen LogP) is 2.52. The van der Waals surface area contributed by atoms with E-state index in [4.69, 9.17) is 5.11 Å². The van der Waals surface area contributed by atoms with Crippen LogP contribution in [0.3, 0.4) is 0 Å². The lowest BCUT2D eigenvalue weighted by Crippen LogP contribution is -2.04. The minimum Gasteiger partial charge on any atom is -0.392 e. The molecule has 0 spiro atoms. The van der Waals surface area contributed by atoms with Crippen molar-refractivity contribution in [3.8, 4) is 5.69 Å². The van der Waals surface area contributed by atoms with Crippen LogP contribution >= 0.6 is 0 Å². The van der Waals surface area contributed by atoms with Gasteiger partial charge in [-0.3, -0.25) is 0 Å². The molecular formula is C13H12F2N2O. The average molecular weight is 250 g/mol. The number of aromatic nitrogens is 2. The minimum atomic E-state index is -0.718. The Bertz CT molecular complexity index is 567. The molecule has 0 amide bonds. The fourth-order valence-electron chi connectivity index (χ4n) is 1.99. The molecule has 1 aliphatic carbocycles. The molecule has 1 fully saturated rings. The molecule has 3 rings (SSSR count). The molecule has 3 nitrogen and oxygen atoms in total. The Balaban J connectivity index is 2.04. The van der Waals surface area contributed by atoms with Crippen molar-refractivity contribution in [3.63, 3.8) is 0 Å². The highest BCUT2D eigenvalue weighted by atomic mass is 19.1. The Labute approximate surface area is 103 Å². The van der Waals surface area contributed by atoms with Crippen molar-refractivity contribution in [2.75, 3.05) is 0 Å². The van der Waals surface area contributed by atoms with E-state index in [9.17, 15) is 8.78 Å². The topological polar surface area (TPSA) is 38.0 Å². The number of aliphatic hydroxyl groups excluding tert-OH is 1. The second-order valence-corrected chi connectivity index (χ2v) is 4.53. The number of hydrogen-bond acceptors (Lipinski definition) is 2. The molecule has 0 atom stereocenters. The molecule has 1 heterocycles. The molecule has 0 radical (unpaired) electrons. The first-order valence-corrected chi connectivity index (χ1v) is 5.84. The van der Waals surface area contributed by atoms with E-state index >= 15 is 0 Å². The van der Waals surface area contributed by atoms with Crippen LogP contribution in [0.4, 0.5) is 8.78 Å². The third-order valence-corrected chi connectivity index (χ3v) is 3.09. The van der Waals surface area contributed by atoms with Gasteiger partial charge in [0.05, 0.1) is 12.3 Å². The number of rotatable bonds is 3. The van der Waals surface area contributed by atoms with Crippen molar-refractivity contribution in [3.05, 3.63) is 47.3 Å². The molecule has 1 aliphatic rings. The van der Waals surface area contributed by atoms with E-state index < -0.39 is 11.6 Å². The fraction of sp³-hybridized carbons (Fsp3) is 0.308. The van der Waals surface area contributed by atoms with Crippen molar-refractivity contribution < 1.29 is 13.9 Å². The average Bonchev–Trinajstić information content (AvgIpc) is 3.08. The summed E-state index contributed by atoms with van der Waals surface area (Å²) in [4.78, 5) is 0. The predicted molar refractivity (Wildman–Crippen MR) is 61.4 cm³/mol. The number of benzene rings is 1. The van der Waals surface area contributed by atoms with E-state index in [0.29, 0.717) is 5.92 Å². The van der Waals surface area contributed by atoms with Crippen molar-refractivity contribution in [2.45, 2.75) is 25.4 Å². The molecule has 2 aromatic rings. The van der Waals surface area contributed by atoms with Crippen molar-refractivity contribution in [1.29, 1.82) is 0 Å². The number of aliphatic hydroxyl groups is 1. The van der Waals surface area contributed by atoms with Crippen LogP contribution in [0.25, 0.3) is 5.69 Å². The van der Waals surface area contributed by atoms with Gasteiger partial charge in [-0.2, -0.15) is 5.10 Å². The fourth-order valence-corrected chi connectivity index (χ4v) is 1.99. The van der Waals surface area contributed by atoms with Gasteiger partial charge in [0.25, 0.3) is 0 Å². The largest absolute Gasteiger partial charge is 0.392 e. The van der Waals surface area contributed by atoms with Crippen LogP contribution in [-0.2, 0) is 6.61 Å². The summed E-state index contributed by atoms with van der Waals surface area (Å²) in [5.41, 5.74) is 0.891. The molecular weight excluding hydrogens is 238 g/mol. The van der Waals surface area contributed by atoms with E-state index in [2.05, 4.69) is 5.10 Å². The highest BCUT2D eigenvalue weighted by Crippen LogP contribution is 2.39. The zero-order valence-corrected chi connectivity index (χ0v) is 9.61. The summed E-state index contributed by atoms with van der Waals surface area (Å²) >= 11 is 0. The number of hydrogen-bond donors (Lipinski definition) is 1. The smallest absolute Gasteiger partial charge is 0.152 e. The van der Waals surface area contributed by atoms with Gasteiger partial charge in [-0.05, 0) is 36.6 Å². The zero-order valence-electron chi connectivity index (χ0n) is 9.61. The van der Waals surface area contributed by atoms with Gasteiger partial charge in [0.1, 0.15) is 5.69 Å². The summed E-state index contributed by atoms with van der Waals surface area (Å²) in [6.07, 6.45) is 3.74. The Morgan fingerprint density at radius 1 is 1.28 bits per heavy atom. The third kappa shape index (κ3) is 1.90. The second kappa shape index (κ2) is 4.17. The highest BCUT2D eigenvalue weighted by molar-refractivity contribution is 5.38. The highest BCUT2D eigenvalue weighted by Gasteiger charge is 2.26. The lowest BCUT2D eigenvalue weighted by molar-refractivity contribution is 0.280. The Kier molecular flexibility index (Phi) is 2.63. The SMILES string of the molecule is OCc1cc(F)c(-n2ccc(C3CC3)n2)c(F)c1. The van der Waals surface area contributed by atoms with Crippen molar-refractivity contribution in [2.24, 2.45) is 0 Å². The Morgan fingerprint density at radius 3 is 2.50 bits per heavy atom. The molecule has 0 aliphatic heterocycles. The van der Waals surface area contributed by atoms with Crippen LogP contribution in [0.15, 0.2) is 24.4 Å². The lowest BCUT2D eigenvalue weighted by atomic mass is 10.2. The van der Waals surface area contributed by atoms with Gasteiger partial charge in [0, 0.05) is 12.1 Å². The summed E-state index contributed by atoms with van der Waals surface area (Å²) in [6, 6.07) is 4.03. The molecule has 0 unspecified atom stereocenters. The normalized spacial score (nSPS) is 15.1. The molecule has 94 valence electrons. The van der Waals surface area contributed by atoms with E-state index in [1.807, 2.05) is 0 Å². The summed E-state index contributed by atoms with van der Waals surface area (Å²) in [5, 5.41) is 13.1. The molecule has 18 heavy (non-hydrogen) atoms. The molecule has 1 saturated carbocycles. The van der Waals surface area contributed by atoms with E-state index in [-0.39, 0.29) is 17.9 Å². The Morgan fingerprint density at radius 2 is 1.94 bits per heavy atom. The van der Waals surface area contributed by atoms with Crippen LogP contribution in [0.2, 0.25) is 0 Å². The number of nitrogens with zero attached hydrogens (tertiary/aromatic N) is 2. The first-order valence-electron chi connectivity index (χ1n) is 5.84. The molecule has 1 aromatic heterocycles. The van der Waals surface area contributed by atoms with Crippen LogP contribution in [0, 0.1) is 11.6 Å². The standard InChI is InChI=1S/C13H12F2N2O/c14-10-5-8(7-18)6-11(15)13(10)17-4-3-12(16-17)9-1-2-9/h3-6,9,18H,1-2,7H2. The first kappa shape index (κ1) is 11.3. The maximum Gasteiger partial charge on any atom is 0.152 e. The zero-order chi connectivity index (χ0) is 12.7. The van der Waals surface area contributed by atoms with Crippen LogP contribution in [0.1, 0.15) is 30.0 Å². The second-order valence-electron chi connectivity index (χ2n) is 4.53. The third-order valence-electron chi connectivity index (χ3n) is 3.09. The minimum absolute atomic E-state index is 0.195. The molecule has 5 heteroatoms. The molecule has 0 saturated heterocycles. The lowest BCUT2D eigenvalue weighted by Gasteiger charge is -2.06. The van der Waals surface area contributed by atoms with Crippen LogP contribution < -0.4 is 0 Å². The monoisotopic (exact) mass is 250 g/mol. The van der Waals surface area contributed by atoms with Gasteiger partial charge in [-0.25, -0.2) is 13.5 Å². The summed E-state index contributed by atoms with van der Waals surface area (Å²) in [7, 11) is 0.